The summed E-state index contributed by atoms with van der Waals surface area (Å²) in [6, 6.07) is 25.2. The summed E-state index contributed by atoms with van der Waals surface area (Å²) in [5.74, 6) is -1.06. The second kappa shape index (κ2) is 16.1. The number of ether oxygens (including phenoxy) is 1. The Hall–Kier alpha value is -4.22. The lowest BCUT2D eigenvalue weighted by molar-refractivity contribution is -0.140. The first-order valence-electron chi connectivity index (χ1n) is 15.2. The highest BCUT2D eigenvalue weighted by Gasteiger charge is 2.35. The molecular formula is C36H39BrFN3O5S. The summed E-state index contributed by atoms with van der Waals surface area (Å²) in [5, 5.41) is 2.93. The van der Waals surface area contributed by atoms with Crippen LogP contribution in [0, 0.1) is 18.7 Å². The van der Waals surface area contributed by atoms with E-state index in [1.165, 1.54) is 36.3 Å². The molecule has 4 aromatic rings. The number of sulfonamides is 1. The molecule has 0 aliphatic carbocycles. The molecule has 1 N–H and O–H groups in total. The number of nitrogens with zero attached hydrogens (tertiary/aromatic N) is 2. The SMILES string of the molecule is COc1ccc(S(=O)(=O)N(CC(=O)N(Cc2ccccc2F)[C@H](Cc2ccccc2)C(=O)NCC(C)C)c2ccc(C)cc2)cc1Br. The number of carbonyl (C=O) groups excluding carboxylic acids is 2. The highest BCUT2D eigenvalue weighted by molar-refractivity contribution is 9.10. The van der Waals surface area contributed by atoms with Crippen molar-refractivity contribution in [2.75, 3.05) is 24.5 Å². The van der Waals surface area contributed by atoms with Crippen molar-refractivity contribution < 1.29 is 27.1 Å². The second-order valence-electron chi connectivity index (χ2n) is 11.6. The first-order valence-corrected chi connectivity index (χ1v) is 17.4. The van der Waals surface area contributed by atoms with Gasteiger partial charge in [0.1, 0.15) is 24.2 Å². The van der Waals surface area contributed by atoms with Crippen LogP contribution in [0.25, 0.3) is 0 Å². The highest BCUT2D eigenvalue weighted by Crippen LogP contribution is 2.31. The standard InChI is InChI=1S/C36H39BrFN3O5S/c1-25(2)22-39-36(43)33(20-27-10-6-5-7-11-27)40(23-28-12-8-9-13-32(28)38)35(42)24-41(29-16-14-26(3)15-17-29)47(44,45)30-18-19-34(46-4)31(37)21-30/h5-19,21,25,33H,20,22-24H2,1-4H3,(H,39,43)/t33-/m1/s1. The minimum atomic E-state index is -4.32. The van der Waals surface area contributed by atoms with E-state index in [9.17, 15) is 18.0 Å². The number of benzene rings is 4. The van der Waals surface area contributed by atoms with Gasteiger partial charge in [0.25, 0.3) is 10.0 Å². The fraction of sp³-hybridized carbons (Fsp3) is 0.278. The molecule has 0 fully saturated rings. The van der Waals surface area contributed by atoms with E-state index in [1.54, 1.807) is 42.5 Å². The lowest BCUT2D eigenvalue weighted by Crippen LogP contribution is -2.53. The van der Waals surface area contributed by atoms with Crippen LogP contribution < -0.4 is 14.4 Å². The van der Waals surface area contributed by atoms with Gasteiger partial charge >= 0.3 is 0 Å². The van der Waals surface area contributed by atoms with Crippen molar-refractivity contribution in [3.63, 3.8) is 0 Å². The van der Waals surface area contributed by atoms with Crippen LogP contribution in [0.15, 0.2) is 106 Å². The van der Waals surface area contributed by atoms with E-state index in [0.717, 1.165) is 15.4 Å². The highest BCUT2D eigenvalue weighted by atomic mass is 79.9. The summed E-state index contributed by atoms with van der Waals surface area (Å²) in [6.07, 6.45) is 0.133. The number of hydrogen-bond donors (Lipinski definition) is 1. The van der Waals surface area contributed by atoms with E-state index in [1.807, 2.05) is 51.1 Å². The second-order valence-corrected chi connectivity index (χ2v) is 14.3. The van der Waals surface area contributed by atoms with E-state index in [0.29, 0.717) is 16.8 Å². The van der Waals surface area contributed by atoms with Gasteiger partial charge in [0.15, 0.2) is 0 Å². The van der Waals surface area contributed by atoms with E-state index in [2.05, 4.69) is 21.2 Å². The van der Waals surface area contributed by atoms with Gasteiger partial charge in [-0.3, -0.25) is 13.9 Å². The molecule has 248 valence electrons. The Labute approximate surface area is 284 Å². The van der Waals surface area contributed by atoms with Crippen LogP contribution in [0.2, 0.25) is 0 Å². The molecule has 0 saturated carbocycles. The maximum atomic E-state index is 15.1. The maximum absolute atomic E-state index is 15.1. The molecule has 11 heteroatoms. The Morgan fingerprint density at radius 1 is 0.936 bits per heavy atom. The van der Waals surface area contributed by atoms with Crippen LogP contribution in [-0.4, -0.2) is 51.4 Å². The van der Waals surface area contributed by atoms with Crippen molar-refractivity contribution in [2.45, 2.75) is 44.7 Å². The Kier molecular flexibility index (Phi) is 12.2. The minimum absolute atomic E-state index is 0.0743. The van der Waals surface area contributed by atoms with Crippen molar-refractivity contribution >= 4 is 43.5 Å². The molecule has 47 heavy (non-hydrogen) atoms. The molecule has 0 bridgehead atoms. The molecule has 0 aliphatic heterocycles. The van der Waals surface area contributed by atoms with E-state index < -0.39 is 40.2 Å². The predicted molar refractivity (Wildman–Crippen MR) is 185 cm³/mol. The van der Waals surface area contributed by atoms with Crippen LogP contribution in [0.1, 0.15) is 30.5 Å². The smallest absolute Gasteiger partial charge is 0.264 e. The molecule has 0 spiro atoms. The summed E-state index contributed by atoms with van der Waals surface area (Å²) < 4.78 is 50.3. The third kappa shape index (κ3) is 9.20. The van der Waals surface area contributed by atoms with Gasteiger partial charge in [-0.25, -0.2) is 12.8 Å². The fourth-order valence-corrected chi connectivity index (χ4v) is 7.09. The normalized spacial score (nSPS) is 12.0. The minimum Gasteiger partial charge on any atom is -0.496 e. The zero-order valence-electron chi connectivity index (χ0n) is 26.8. The summed E-state index contributed by atoms with van der Waals surface area (Å²) >= 11 is 3.36. The van der Waals surface area contributed by atoms with Crippen molar-refractivity contribution in [2.24, 2.45) is 5.92 Å². The predicted octanol–water partition coefficient (Wildman–Crippen LogP) is 6.51. The number of nitrogens with one attached hydrogen (secondary N) is 1. The number of methoxy groups -OCH3 is 1. The maximum Gasteiger partial charge on any atom is 0.264 e. The first kappa shape index (κ1) is 35.6. The molecular weight excluding hydrogens is 685 g/mol. The zero-order chi connectivity index (χ0) is 34.1. The molecule has 0 saturated heterocycles. The molecule has 0 heterocycles. The molecule has 2 amide bonds. The van der Waals surface area contributed by atoms with E-state index >= 15 is 4.39 Å². The van der Waals surface area contributed by atoms with Gasteiger partial charge in [-0.15, -0.1) is 0 Å². The number of amides is 2. The Morgan fingerprint density at radius 3 is 2.21 bits per heavy atom. The Morgan fingerprint density at radius 2 is 1.60 bits per heavy atom. The van der Waals surface area contributed by atoms with Crippen LogP contribution in [0.3, 0.4) is 0 Å². The van der Waals surface area contributed by atoms with Gasteiger partial charge in [0.05, 0.1) is 22.2 Å². The summed E-state index contributed by atoms with van der Waals surface area (Å²) in [4.78, 5) is 29.6. The molecule has 0 aliphatic rings. The number of hydrogen-bond acceptors (Lipinski definition) is 5. The Balaban J connectivity index is 1.82. The first-order chi connectivity index (χ1) is 22.4. The number of halogens is 2. The van der Waals surface area contributed by atoms with Crippen LogP contribution >= 0.6 is 15.9 Å². The van der Waals surface area contributed by atoms with Gasteiger partial charge < -0.3 is 15.0 Å². The lowest BCUT2D eigenvalue weighted by Gasteiger charge is -2.34. The summed E-state index contributed by atoms with van der Waals surface area (Å²) in [6.45, 7) is 5.24. The van der Waals surface area contributed by atoms with Crippen molar-refractivity contribution in [1.29, 1.82) is 0 Å². The lowest BCUT2D eigenvalue weighted by atomic mass is 10.0. The molecule has 4 aromatic carbocycles. The van der Waals surface area contributed by atoms with E-state index in [4.69, 9.17) is 4.74 Å². The molecule has 1 atom stereocenters. The van der Waals surface area contributed by atoms with Gasteiger partial charge in [-0.05, 0) is 70.7 Å². The zero-order valence-corrected chi connectivity index (χ0v) is 29.2. The van der Waals surface area contributed by atoms with Crippen molar-refractivity contribution in [1.82, 2.24) is 10.2 Å². The number of aryl methyl sites for hydroxylation is 1. The molecule has 0 unspecified atom stereocenters. The van der Waals surface area contributed by atoms with Crippen molar-refractivity contribution in [3.8, 4) is 5.75 Å². The molecule has 0 aromatic heterocycles. The van der Waals surface area contributed by atoms with Gasteiger partial charge in [0.2, 0.25) is 11.8 Å². The quantitative estimate of drug-likeness (QED) is 0.160. The average molecular weight is 725 g/mol. The third-order valence-corrected chi connectivity index (χ3v) is 9.96. The molecule has 0 radical (unpaired) electrons. The van der Waals surface area contributed by atoms with Crippen LogP contribution in [0.4, 0.5) is 10.1 Å². The largest absolute Gasteiger partial charge is 0.496 e. The third-order valence-electron chi connectivity index (χ3n) is 7.57. The van der Waals surface area contributed by atoms with Crippen molar-refractivity contribution in [3.05, 3.63) is 124 Å². The summed E-state index contributed by atoms with van der Waals surface area (Å²) in [5.41, 5.74) is 2.13. The van der Waals surface area contributed by atoms with Crippen LogP contribution in [-0.2, 0) is 32.6 Å². The van der Waals surface area contributed by atoms with Gasteiger partial charge in [0, 0.05) is 25.1 Å². The van der Waals surface area contributed by atoms with Gasteiger partial charge in [-0.1, -0.05) is 80.1 Å². The number of anilines is 1. The Bertz CT molecular complexity index is 1790. The molecule has 8 nitrogen and oxygen atoms in total. The number of carbonyl (C=O) groups is 2. The van der Waals surface area contributed by atoms with Crippen LogP contribution in [0.5, 0.6) is 5.75 Å². The average Bonchev–Trinajstić information content (AvgIpc) is 3.05. The topological polar surface area (TPSA) is 96.0 Å². The monoisotopic (exact) mass is 723 g/mol. The fourth-order valence-electron chi connectivity index (χ4n) is 4.96. The summed E-state index contributed by atoms with van der Waals surface area (Å²) in [7, 11) is -2.85. The number of rotatable bonds is 14. The van der Waals surface area contributed by atoms with Gasteiger partial charge in [-0.2, -0.15) is 0 Å². The molecule has 4 rings (SSSR count). The van der Waals surface area contributed by atoms with E-state index in [-0.39, 0.29) is 35.0 Å².